The molecule has 1 heterocycles. The number of para-hydroxylation sites is 2. The van der Waals surface area contributed by atoms with Crippen molar-refractivity contribution in [2.24, 2.45) is 0 Å². The largest absolute Gasteiger partial charge is 0.456 e. The van der Waals surface area contributed by atoms with Gasteiger partial charge in [-0.3, -0.25) is 0 Å². The third-order valence-corrected chi connectivity index (χ3v) is 9.04. The number of fused-ring (bicyclic) bond motifs is 6. The predicted octanol–water partition coefficient (Wildman–Crippen LogP) is 12.7. The van der Waals surface area contributed by atoms with Gasteiger partial charge in [-0.1, -0.05) is 121 Å². The molecular weight excluding hydrogens is 558 g/mol. The van der Waals surface area contributed by atoms with Crippen molar-refractivity contribution in [3.8, 4) is 22.3 Å². The Labute approximate surface area is 267 Å². The summed E-state index contributed by atoms with van der Waals surface area (Å²) in [7, 11) is 0. The Balaban J connectivity index is 1.14. The van der Waals surface area contributed by atoms with Crippen molar-refractivity contribution in [3.63, 3.8) is 0 Å². The maximum Gasteiger partial charge on any atom is 0.136 e. The molecule has 9 rings (SSSR count). The zero-order chi connectivity index (χ0) is 30.5. The fourth-order valence-electron chi connectivity index (χ4n) is 6.71. The summed E-state index contributed by atoms with van der Waals surface area (Å²) in [6.45, 7) is 0. The van der Waals surface area contributed by atoms with Gasteiger partial charge in [-0.05, 0) is 98.4 Å². The van der Waals surface area contributed by atoms with Gasteiger partial charge in [0.25, 0.3) is 0 Å². The Bertz CT molecular complexity index is 2490. The van der Waals surface area contributed by atoms with Crippen molar-refractivity contribution in [3.05, 3.63) is 176 Å². The van der Waals surface area contributed by atoms with Gasteiger partial charge in [0.05, 0.1) is 0 Å². The molecule has 2 nitrogen and oxygen atoms in total. The number of benzene rings is 8. The van der Waals surface area contributed by atoms with E-state index in [-0.39, 0.29) is 0 Å². The molecule has 0 N–H and O–H groups in total. The van der Waals surface area contributed by atoms with Gasteiger partial charge in [-0.2, -0.15) is 0 Å². The van der Waals surface area contributed by atoms with E-state index in [9.17, 15) is 0 Å². The summed E-state index contributed by atoms with van der Waals surface area (Å²) >= 11 is 0. The molecule has 46 heavy (non-hydrogen) atoms. The SMILES string of the molecule is c1ccc(-c2ccc(-c3ccc(N(c4ccccc4)c4ccc5ccc6cc7oc8ccccc8c7cc6c5c4)cc3)cc2)cc1. The van der Waals surface area contributed by atoms with E-state index in [4.69, 9.17) is 4.42 Å². The van der Waals surface area contributed by atoms with Crippen LogP contribution in [0, 0.1) is 0 Å². The van der Waals surface area contributed by atoms with E-state index in [0.717, 1.165) is 39.0 Å². The van der Waals surface area contributed by atoms with Gasteiger partial charge in [0.15, 0.2) is 0 Å². The van der Waals surface area contributed by atoms with Gasteiger partial charge in [-0.15, -0.1) is 0 Å². The van der Waals surface area contributed by atoms with Gasteiger partial charge in [-0.25, -0.2) is 0 Å². The number of furan rings is 1. The van der Waals surface area contributed by atoms with E-state index >= 15 is 0 Å². The zero-order valence-corrected chi connectivity index (χ0v) is 25.1. The first-order valence-corrected chi connectivity index (χ1v) is 15.7. The fraction of sp³-hybridized carbons (Fsp3) is 0. The lowest BCUT2D eigenvalue weighted by molar-refractivity contribution is 0.669. The summed E-state index contributed by atoms with van der Waals surface area (Å²) < 4.78 is 6.21. The number of anilines is 3. The topological polar surface area (TPSA) is 16.4 Å². The van der Waals surface area contributed by atoms with E-state index < -0.39 is 0 Å². The van der Waals surface area contributed by atoms with Gasteiger partial charge in [0, 0.05) is 27.8 Å². The molecule has 0 saturated carbocycles. The van der Waals surface area contributed by atoms with Gasteiger partial charge in [0.2, 0.25) is 0 Å². The lowest BCUT2D eigenvalue weighted by Crippen LogP contribution is -2.09. The molecule has 0 aliphatic rings. The fourth-order valence-corrected chi connectivity index (χ4v) is 6.71. The Morgan fingerprint density at radius 2 is 0.826 bits per heavy atom. The highest BCUT2D eigenvalue weighted by Gasteiger charge is 2.15. The highest BCUT2D eigenvalue weighted by molar-refractivity contribution is 6.17. The average Bonchev–Trinajstić information content (AvgIpc) is 3.49. The van der Waals surface area contributed by atoms with Crippen LogP contribution in [0.2, 0.25) is 0 Å². The van der Waals surface area contributed by atoms with E-state index in [2.05, 4.69) is 169 Å². The van der Waals surface area contributed by atoms with Crippen LogP contribution in [0.5, 0.6) is 0 Å². The molecule has 0 saturated heterocycles. The van der Waals surface area contributed by atoms with Crippen LogP contribution in [-0.4, -0.2) is 0 Å². The van der Waals surface area contributed by atoms with Crippen LogP contribution < -0.4 is 4.90 Å². The molecule has 9 aromatic rings. The molecule has 0 bridgehead atoms. The van der Waals surface area contributed by atoms with Crippen molar-refractivity contribution in [1.29, 1.82) is 0 Å². The summed E-state index contributed by atoms with van der Waals surface area (Å²) in [6, 6.07) is 62.8. The molecule has 0 fully saturated rings. The molecule has 0 atom stereocenters. The predicted molar refractivity (Wildman–Crippen MR) is 194 cm³/mol. The normalized spacial score (nSPS) is 11.5. The van der Waals surface area contributed by atoms with E-state index in [1.54, 1.807) is 0 Å². The molecule has 0 unspecified atom stereocenters. The Kier molecular flexibility index (Phi) is 6.17. The Morgan fingerprint density at radius 1 is 0.304 bits per heavy atom. The second-order valence-electron chi connectivity index (χ2n) is 11.8. The zero-order valence-electron chi connectivity index (χ0n) is 25.1. The number of nitrogens with zero attached hydrogens (tertiary/aromatic N) is 1. The first kappa shape index (κ1) is 26.3. The second kappa shape index (κ2) is 10.8. The van der Waals surface area contributed by atoms with Crippen LogP contribution in [0.25, 0.3) is 65.7 Å². The van der Waals surface area contributed by atoms with Gasteiger partial charge in [0.1, 0.15) is 11.2 Å². The van der Waals surface area contributed by atoms with E-state index in [1.807, 2.05) is 12.1 Å². The smallest absolute Gasteiger partial charge is 0.136 e. The lowest BCUT2D eigenvalue weighted by Gasteiger charge is -2.26. The Morgan fingerprint density at radius 3 is 1.57 bits per heavy atom. The summed E-state index contributed by atoms with van der Waals surface area (Å²) in [4.78, 5) is 2.34. The average molecular weight is 588 g/mol. The van der Waals surface area contributed by atoms with Crippen LogP contribution in [-0.2, 0) is 0 Å². The minimum Gasteiger partial charge on any atom is -0.456 e. The number of rotatable bonds is 5. The molecule has 8 aromatic carbocycles. The molecule has 0 radical (unpaired) electrons. The first-order chi connectivity index (χ1) is 22.8. The van der Waals surface area contributed by atoms with Crippen molar-refractivity contribution in [2.45, 2.75) is 0 Å². The third kappa shape index (κ3) is 4.51. The number of hydrogen-bond acceptors (Lipinski definition) is 2. The minimum absolute atomic E-state index is 0.920. The Hall–Kier alpha value is -6.12. The molecule has 2 heteroatoms. The maximum atomic E-state index is 6.21. The summed E-state index contributed by atoms with van der Waals surface area (Å²) in [5.74, 6) is 0. The molecule has 0 aliphatic heterocycles. The van der Waals surface area contributed by atoms with E-state index in [0.29, 0.717) is 0 Å². The summed E-state index contributed by atoms with van der Waals surface area (Å²) in [5.41, 5.74) is 10.0. The van der Waals surface area contributed by atoms with E-state index in [1.165, 1.54) is 43.8 Å². The second-order valence-corrected chi connectivity index (χ2v) is 11.8. The molecule has 0 aliphatic carbocycles. The van der Waals surface area contributed by atoms with Crippen LogP contribution in [0.3, 0.4) is 0 Å². The molecule has 216 valence electrons. The van der Waals surface area contributed by atoms with Crippen LogP contribution >= 0.6 is 0 Å². The maximum absolute atomic E-state index is 6.21. The number of hydrogen-bond donors (Lipinski definition) is 0. The minimum atomic E-state index is 0.920. The quantitative estimate of drug-likeness (QED) is 0.186. The van der Waals surface area contributed by atoms with Crippen LogP contribution in [0.4, 0.5) is 17.1 Å². The highest BCUT2D eigenvalue weighted by atomic mass is 16.3. The summed E-state index contributed by atoms with van der Waals surface area (Å²) in [5, 5.41) is 7.12. The van der Waals surface area contributed by atoms with Crippen molar-refractivity contribution in [2.75, 3.05) is 4.90 Å². The van der Waals surface area contributed by atoms with Crippen molar-refractivity contribution in [1.82, 2.24) is 0 Å². The highest BCUT2D eigenvalue weighted by Crippen LogP contribution is 2.40. The van der Waals surface area contributed by atoms with Crippen LogP contribution in [0.1, 0.15) is 0 Å². The standard InChI is InChI=1S/C44H29NO/c1-3-9-30(10-4-1)31-15-17-32(18-16-31)33-21-24-37(25-22-33)45(36-11-5-2-6-12-36)38-26-23-34-19-20-35-27-44-42(29-41(35)40(34)28-38)39-13-7-8-14-43(39)46-44/h1-29H. The molecular formula is C44H29NO. The first-order valence-electron chi connectivity index (χ1n) is 15.7. The van der Waals surface area contributed by atoms with Crippen molar-refractivity contribution < 1.29 is 4.42 Å². The monoisotopic (exact) mass is 587 g/mol. The summed E-state index contributed by atoms with van der Waals surface area (Å²) in [6.07, 6.45) is 0. The van der Waals surface area contributed by atoms with Crippen LogP contribution in [0.15, 0.2) is 180 Å². The van der Waals surface area contributed by atoms with Crippen molar-refractivity contribution >= 4 is 60.5 Å². The van der Waals surface area contributed by atoms with Gasteiger partial charge < -0.3 is 9.32 Å². The molecule has 0 amide bonds. The molecule has 1 aromatic heterocycles. The molecule has 0 spiro atoms. The van der Waals surface area contributed by atoms with Gasteiger partial charge >= 0.3 is 0 Å². The third-order valence-electron chi connectivity index (χ3n) is 9.04. The lowest BCUT2D eigenvalue weighted by atomic mass is 9.98.